The minimum atomic E-state index is -1.12. The fraction of sp³-hybridized carbons (Fsp3) is 0.196. The zero-order chi connectivity index (χ0) is 38.7. The van der Waals surface area contributed by atoms with Crippen LogP contribution in [0.5, 0.6) is 5.88 Å². The predicted octanol–water partition coefficient (Wildman–Crippen LogP) is 9.91. The molecule has 0 radical (unpaired) electrons. The summed E-state index contributed by atoms with van der Waals surface area (Å²) in [6.07, 6.45) is -0.544. The van der Waals surface area contributed by atoms with E-state index in [-0.39, 0.29) is 12.4 Å². The quantitative estimate of drug-likeness (QED) is 0.0890. The fourth-order valence-corrected chi connectivity index (χ4v) is 7.95. The Kier molecular flexibility index (Phi) is 12.5. The molecule has 1 unspecified atom stereocenters. The van der Waals surface area contributed by atoms with Gasteiger partial charge >= 0.3 is 12.1 Å². The van der Waals surface area contributed by atoms with Gasteiger partial charge in [0.1, 0.15) is 5.60 Å². The standard InChI is InChI=1S/C46H45N3O5S/c1-45(2,3)54-44(52)48-37(32-55-46(34-20-10-5-11-21-34,35-22-12-6-13-23-35)36-24-14-7-15-25-36)30-47-41-29-28-40(49-43(41)53-31-42(50)51)39-27-17-16-26-38(39)33-18-8-4-9-19-33/h4-29,37,47H,30-32H2,1-3H3,(H,48,52)(H,50,51). The number of alkyl carbamates (subject to hydrolysis) is 1. The molecule has 0 saturated carbocycles. The third kappa shape index (κ3) is 9.93. The molecule has 9 heteroatoms. The summed E-state index contributed by atoms with van der Waals surface area (Å²) < 4.78 is 10.9. The van der Waals surface area contributed by atoms with Gasteiger partial charge in [-0.05, 0) is 60.7 Å². The Morgan fingerprint density at radius 3 is 1.73 bits per heavy atom. The van der Waals surface area contributed by atoms with Gasteiger partial charge in [-0.1, -0.05) is 146 Å². The van der Waals surface area contributed by atoms with Gasteiger partial charge in [0.25, 0.3) is 0 Å². The largest absolute Gasteiger partial charge is 0.479 e. The van der Waals surface area contributed by atoms with E-state index in [4.69, 9.17) is 14.5 Å². The lowest BCUT2D eigenvalue weighted by Crippen LogP contribution is -2.45. The Morgan fingerprint density at radius 1 is 0.691 bits per heavy atom. The molecule has 1 amide bonds. The topological polar surface area (TPSA) is 110 Å². The van der Waals surface area contributed by atoms with Crippen LogP contribution in [0.25, 0.3) is 22.4 Å². The van der Waals surface area contributed by atoms with Crippen molar-refractivity contribution >= 4 is 29.5 Å². The summed E-state index contributed by atoms with van der Waals surface area (Å²) in [5.74, 6) is -0.520. The van der Waals surface area contributed by atoms with Crippen molar-refractivity contribution in [2.45, 2.75) is 37.2 Å². The van der Waals surface area contributed by atoms with Crippen LogP contribution >= 0.6 is 11.8 Å². The lowest BCUT2D eigenvalue weighted by atomic mass is 9.84. The van der Waals surface area contributed by atoms with Gasteiger partial charge in [-0.2, -0.15) is 0 Å². The second-order valence-electron chi connectivity index (χ2n) is 14.0. The van der Waals surface area contributed by atoms with Gasteiger partial charge < -0.3 is 25.2 Å². The maximum Gasteiger partial charge on any atom is 0.407 e. The number of aromatic nitrogens is 1. The first-order valence-electron chi connectivity index (χ1n) is 18.2. The summed E-state index contributed by atoms with van der Waals surface area (Å²) in [4.78, 5) is 29.8. The summed E-state index contributed by atoms with van der Waals surface area (Å²) in [6, 6.07) is 52.3. The van der Waals surface area contributed by atoms with Crippen LogP contribution in [0.3, 0.4) is 0 Å². The van der Waals surface area contributed by atoms with Crippen LogP contribution in [0.1, 0.15) is 37.5 Å². The number of hydrogen-bond acceptors (Lipinski definition) is 7. The molecule has 8 nitrogen and oxygen atoms in total. The Balaban J connectivity index is 1.34. The highest BCUT2D eigenvalue weighted by molar-refractivity contribution is 8.00. The van der Waals surface area contributed by atoms with E-state index in [1.54, 1.807) is 11.8 Å². The smallest absolute Gasteiger partial charge is 0.407 e. The first-order valence-corrected chi connectivity index (χ1v) is 19.2. The second kappa shape index (κ2) is 17.8. The lowest BCUT2D eigenvalue weighted by Gasteiger charge is -2.37. The number of carboxylic acid groups (broad SMARTS) is 1. The third-order valence-electron chi connectivity index (χ3n) is 8.78. The molecule has 280 valence electrons. The first kappa shape index (κ1) is 38.7. The molecular formula is C46H45N3O5S. The van der Waals surface area contributed by atoms with Gasteiger partial charge in [0.05, 0.1) is 22.2 Å². The minimum Gasteiger partial charge on any atom is -0.479 e. The van der Waals surface area contributed by atoms with Crippen LogP contribution < -0.4 is 15.4 Å². The van der Waals surface area contributed by atoms with E-state index in [2.05, 4.69) is 47.0 Å². The number of rotatable bonds is 15. The summed E-state index contributed by atoms with van der Waals surface area (Å²) in [5.41, 5.74) is 6.60. The van der Waals surface area contributed by atoms with Crippen molar-refractivity contribution in [1.29, 1.82) is 0 Å². The molecule has 0 bridgehead atoms. The number of carbonyl (C=O) groups is 2. The summed E-state index contributed by atoms with van der Waals surface area (Å²) in [6.45, 7) is 5.17. The zero-order valence-corrected chi connectivity index (χ0v) is 32.0. The molecule has 0 aliphatic heterocycles. The SMILES string of the molecule is CC(C)(C)OC(=O)NC(CNc1ccc(-c2ccccc2-c2ccccc2)nc1OCC(=O)O)CSC(c1ccccc1)(c1ccccc1)c1ccccc1. The predicted molar refractivity (Wildman–Crippen MR) is 222 cm³/mol. The third-order valence-corrected chi connectivity index (χ3v) is 10.5. The van der Waals surface area contributed by atoms with E-state index < -0.39 is 35.1 Å². The van der Waals surface area contributed by atoms with Crippen LogP contribution in [0.15, 0.2) is 158 Å². The van der Waals surface area contributed by atoms with Crippen molar-refractivity contribution in [3.63, 3.8) is 0 Å². The fourth-order valence-electron chi connectivity index (χ4n) is 6.39. The molecule has 0 fully saturated rings. The number of nitrogens with one attached hydrogen (secondary N) is 2. The van der Waals surface area contributed by atoms with Gasteiger partial charge in [-0.15, -0.1) is 11.8 Å². The monoisotopic (exact) mass is 751 g/mol. The zero-order valence-electron chi connectivity index (χ0n) is 31.1. The van der Waals surface area contributed by atoms with Crippen molar-refractivity contribution in [3.8, 4) is 28.3 Å². The molecule has 0 aliphatic carbocycles. The number of pyridine rings is 1. The molecule has 0 saturated heterocycles. The molecule has 5 aromatic carbocycles. The normalized spacial score (nSPS) is 12.0. The number of benzene rings is 5. The highest BCUT2D eigenvalue weighted by atomic mass is 32.2. The molecule has 1 aromatic heterocycles. The van der Waals surface area contributed by atoms with Gasteiger partial charge in [-0.25, -0.2) is 14.6 Å². The number of carbonyl (C=O) groups excluding carboxylic acids is 1. The van der Waals surface area contributed by atoms with Crippen LogP contribution in [-0.2, 0) is 14.3 Å². The number of amides is 1. The van der Waals surface area contributed by atoms with Crippen molar-refractivity contribution < 1.29 is 24.2 Å². The van der Waals surface area contributed by atoms with E-state index in [1.165, 1.54) is 0 Å². The molecular weight excluding hydrogens is 707 g/mol. The van der Waals surface area contributed by atoms with Crippen LogP contribution in [0, 0.1) is 0 Å². The van der Waals surface area contributed by atoms with Crippen LogP contribution in [0.4, 0.5) is 10.5 Å². The molecule has 6 rings (SSSR count). The Bertz CT molecular complexity index is 2060. The van der Waals surface area contributed by atoms with Crippen LogP contribution in [0.2, 0.25) is 0 Å². The van der Waals surface area contributed by atoms with E-state index in [1.807, 2.05) is 142 Å². The lowest BCUT2D eigenvalue weighted by molar-refractivity contribution is -0.139. The number of nitrogens with zero attached hydrogens (tertiary/aromatic N) is 1. The van der Waals surface area contributed by atoms with Gasteiger partial charge in [0.2, 0.25) is 5.88 Å². The van der Waals surface area contributed by atoms with E-state index >= 15 is 0 Å². The van der Waals surface area contributed by atoms with Crippen molar-refractivity contribution in [2.24, 2.45) is 0 Å². The van der Waals surface area contributed by atoms with Gasteiger partial charge in [-0.3, -0.25) is 0 Å². The number of anilines is 1. The molecule has 1 heterocycles. The molecule has 1 atom stereocenters. The van der Waals surface area contributed by atoms with Gasteiger partial charge in [0.15, 0.2) is 6.61 Å². The molecule has 3 N–H and O–H groups in total. The Morgan fingerprint density at radius 2 is 1.20 bits per heavy atom. The summed E-state index contributed by atoms with van der Waals surface area (Å²) in [5, 5.41) is 16.1. The van der Waals surface area contributed by atoms with Gasteiger partial charge in [0, 0.05) is 17.9 Å². The van der Waals surface area contributed by atoms with Crippen molar-refractivity contribution in [1.82, 2.24) is 10.3 Å². The number of ether oxygens (including phenoxy) is 2. The second-order valence-corrected chi connectivity index (χ2v) is 15.2. The van der Waals surface area contributed by atoms with E-state index in [0.29, 0.717) is 17.1 Å². The average Bonchev–Trinajstić information content (AvgIpc) is 3.20. The minimum absolute atomic E-state index is 0.138. The van der Waals surface area contributed by atoms with Crippen molar-refractivity contribution in [2.75, 3.05) is 24.2 Å². The number of thioether (sulfide) groups is 1. The maximum absolute atomic E-state index is 13.3. The number of aliphatic carboxylic acids is 1. The maximum atomic E-state index is 13.3. The van der Waals surface area contributed by atoms with Crippen LogP contribution in [-0.4, -0.2) is 52.7 Å². The molecule has 0 aliphatic rings. The number of hydrogen-bond donors (Lipinski definition) is 3. The number of carboxylic acids is 1. The highest BCUT2D eigenvalue weighted by Crippen LogP contribution is 2.48. The van der Waals surface area contributed by atoms with E-state index in [9.17, 15) is 14.7 Å². The summed E-state index contributed by atoms with van der Waals surface area (Å²) in [7, 11) is 0. The van der Waals surface area contributed by atoms with E-state index in [0.717, 1.165) is 33.4 Å². The molecule has 6 aromatic rings. The Labute approximate surface area is 327 Å². The highest BCUT2D eigenvalue weighted by Gasteiger charge is 2.38. The first-order chi connectivity index (χ1) is 26.6. The Hall–Kier alpha value is -6.06. The summed E-state index contributed by atoms with van der Waals surface area (Å²) >= 11 is 1.71. The molecule has 0 spiro atoms. The average molecular weight is 752 g/mol. The molecule has 55 heavy (non-hydrogen) atoms. The van der Waals surface area contributed by atoms with Crippen molar-refractivity contribution in [3.05, 3.63) is 174 Å².